The van der Waals surface area contributed by atoms with Crippen LogP contribution in [0.5, 0.6) is 0 Å². The van der Waals surface area contributed by atoms with Crippen molar-refractivity contribution in [3.05, 3.63) is 10.6 Å². The Kier molecular flexibility index (Phi) is 6.02. The van der Waals surface area contributed by atoms with Crippen molar-refractivity contribution >= 4 is 16.5 Å². The van der Waals surface area contributed by atoms with Gasteiger partial charge in [0.05, 0.1) is 5.69 Å². The molecule has 0 saturated heterocycles. The second-order valence-corrected chi connectivity index (χ2v) is 7.98. The predicted molar refractivity (Wildman–Crippen MR) is 90.8 cm³/mol. The van der Waals surface area contributed by atoms with E-state index >= 15 is 0 Å². The van der Waals surface area contributed by atoms with Crippen LogP contribution in [0.15, 0.2) is 0 Å². The van der Waals surface area contributed by atoms with Crippen LogP contribution in [0.4, 0.5) is 5.13 Å². The highest BCUT2D eigenvalue weighted by Crippen LogP contribution is 2.29. The average Bonchev–Trinajstić information content (AvgIpc) is 2.76. The third kappa shape index (κ3) is 4.74. The lowest BCUT2D eigenvalue weighted by atomic mass is 10.1. The lowest BCUT2D eigenvalue weighted by Crippen LogP contribution is -2.35. The number of aromatic nitrogens is 1. The van der Waals surface area contributed by atoms with Gasteiger partial charge in [-0.2, -0.15) is 0 Å². The Bertz CT molecular complexity index is 418. The summed E-state index contributed by atoms with van der Waals surface area (Å²) in [5.41, 5.74) is 1.39. The van der Waals surface area contributed by atoms with E-state index in [-0.39, 0.29) is 5.54 Å². The first-order chi connectivity index (χ1) is 9.15. The zero-order chi connectivity index (χ0) is 15.5. The first kappa shape index (κ1) is 17.4. The molecule has 1 aromatic heterocycles. The zero-order valence-electron chi connectivity index (χ0n) is 14.4. The van der Waals surface area contributed by atoms with Crippen LogP contribution in [0.25, 0.3) is 0 Å². The smallest absolute Gasteiger partial charge is 0.185 e. The minimum absolute atomic E-state index is 0.145. The number of thiazole rings is 1. The summed E-state index contributed by atoms with van der Waals surface area (Å²) in [6, 6.07) is 0.509. The Morgan fingerprint density at radius 2 is 1.85 bits per heavy atom. The van der Waals surface area contributed by atoms with Gasteiger partial charge in [0.1, 0.15) is 0 Å². The fourth-order valence-electron chi connectivity index (χ4n) is 1.90. The lowest BCUT2D eigenvalue weighted by Gasteiger charge is -2.27. The Hall–Kier alpha value is -0.610. The molecule has 0 saturated carbocycles. The molecule has 1 unspecified atom stereocenters. The van der Waals surface area contributed by atoms with Crippen LogP contribution < -0.4 is 10.2 Å². The van der Waals surface area contributed by atoms with Gasteiger partial charge in [-0.3, -0.25) is 0 Å². The number of anilines is 1. The van der Waals surface area contributed by atoms with Crippen LogP contribution in [-0.4, -0.2) is 23.6 Å². The second kappa shape index (κ2) is 6.90. The summed E-state index contributed by atoms with van der Waals surface area (Å²) in [4.78, 5) is 8.53. The fraction of sp³-hybridized carbons (Fsp3) is 0.812. The van der Waals surface area contributed by atoms with Gasteiger partial charge in [-0.15, -0.1) is 11.3 Å². The maximum absolute atomic E-state index is 4.84. The molecule has 1 aromatic rings. The first-order valence-electron chi connectivity index (χ1n) is 7.62. The molecule has 0 radical (unpaired) electrons. The molecule has 0 fully saturated rings. The number of rotatable bonds is 6. The van der Waals surface area contributed by atoms with Gasteiger partial charge >= 0.3 is 0 Å². The number of nitrogens with one attached hydrogen (secondary N) is 1. The van der Waals surface area contributed by atoms with Crippen LogP contribution in [0.1, 0.15) is 59.0 Å². The molecule has 0 aliphatic heterocycles. The quantitative estimate of drug-likeness (QED) is 0.857. The normalized spacial score (nSPS) is 13.8. The second-order valence-electron chi connectivity index (χ2n) is 6.92. The van der Waals surface area contributed by atoms with Gasteiger partial charge in [-0.1, -0.05) is 20.8 Å². The maximum atomic E-state index is 4.84. The van der Waals surface area contributed by atoms with Crippen LogP contribution in [0.3, 0.4) is 0 Å². The van der Waals surface area contributed by atoms with Crippen molar-refractivity contribution in [2.75, 3.05) is 11.9 Å². The van der Waals surface area contributed by atoms with Gasteiger partial charge in [-0.25, -0.2) is 4.98 Å². The molecule has 1 N–H and O–H groups in total. The van der Waals surface area contributed by atoms with E-state index in [4.69, 9.17) is 4.98 Å². The number of hydrogen-bond acceptors (Lipinski definition) is 4. The molecule has 0 aliphatic rings. The van der Waals surface area contributed by atoms with E-state index in [0.29, 0.717) is 12.0 Å². The number of nitrogens with zero attached hydrogens (tertiary/aromatic N) is 2. The minimum Gasteiger partial charge on any atom is -0.348 e. The zero-order valence-corrected chi connectivity index (χ0v) is 15.2. The third-order valence-corrected chi connectivity index (χ3v) is 4.95. The van der Waals surface area contributed by atoms with Crippen molar-refractivity contribution in [3.8, 4) is 0 Å². The standard InChI is InChI=1S/C16H31N3S/c1-9-13-14(10-17-16(5,6)7)20-15(18-13)19(8)12(4)11(2)3/h11-12,17H,9-10H2,1-8H3. The molecule has 0 amide bonds. The van der Waals surface area contributed by atoms with Crippen LogP contribution in [0.2, 0.25) is 0 Å². The van der Waals surface area contributed by atoms with E-state index in [0.717, 1.165) is 18.1 Å². The summed E-state index contributed by atoms with van der Waals surface area (Å²) >= 11 is 1.83. The molecule has 116 valence electrons. The van der Waals surface area contributed by atoms with Gasteiger partial charge in [0.2, 0.25) is 0 Å². The molecule has 1 heterocycles. The highest BCUT2D eigenvalue weighted by atomic mass is 32.1. The summed E-state index contributed by atoms with van der Waals surface area (Å²) in [5.74, 6) is 0.630. The van der Waals surface area contributed by atoms with Crippen LogP contribution in [0, 0.1) is 5.92 Å². The van der Waals surface area contributed by atoms with Crippen LogP contribution in [-0.2, 0) is 13.0 Å². The highest BCUT2D eigenvalue weighted by Gasteiger charge is 2.19. The molecule has 3 nitrogen and oxygen atoms in total. The largest absolute Gasteiger partial charge is 0.348 e. The number of aryl methyl sites for hydroxylation is 1. The molecule has 20 heavy (non-hydrogen) atoms. The highest BCUT2D eigenvalue weighted by molar-refractivity contribution is 7.15. The van der Waals surface area contributed by atoms with E-state index in [2.05, 4.69) is 65.7 Å². The van der Waals surface area contributed by atoms with E-state index in [1.807, 2.05) is 11.3 Å². The summed E-state index contributed by atoms with van der Waals surface area (Å²) in [6.45, 7) is 16.5. The summed E-state index contributed by atoms with van der Waals surface area (Å²) in [7, 11) is 2.16. The Morgan fingerprint density at radius 3 is 2.30 bits per heavy atom. The molecule has 0 bridgehead atoms. The molecule has 1 atom stereocenters. The average molecular weight is 298 g/mol. The van der Waals surface area contributed by atoms with Crippen molar-refractivity contribution in [1.82, 2.24) is 10.3 Å². The van der Waals surface area contributed by atoms with E-state index in [1.54, 1.807) is 0 Å². The van der Waals surface area contributed by atoms with Crippen molar-refractivity contribution in [1.29, 1.82) is 0 Å². The molecule has 0 spiro atoms. The Balaban J connectivity index is 2.88. The third-order valence-electron chi connectivity index (χ3n) is 3.76. The van der Waals surface area contributed by atoms with Gasteiger partial charge in [0.15, 0.2) is 5.13 Å². The van der Waals surface area contributed by atoms with Crippen molar-refractivity contribution in [2.24, 2.45) is 5.92 Å². The molecular weight excluding hydrogens is 266 g/mol. The van der Waals surface area contributed by atoms with Crippen molar-refractivity contribution in [3.63, 3.8) is 0 Å². The van der Waals surface area contributed by atoms with Gasteiger partial charge in [0, 0.05) is 30.1 Å². The SMILES string of the molecule is CCc1nc(N(C)C(C)C(C)C)sc1CNC(C)(C)C. The Morgan fingerprint density at radius 1 is 1.25 bits per heavy atom. The fourth-order valence-corrected chi connectivity index (χ4v) is 3.04. The van der Waals surface area contributed by atoms with Gasteiger partial charge in [0.25, 0.3) is 0 Å². The molecule has 0 aliphatic carbocycles. The van der Waals surface area contributed by atoms with Crippen LogP contribution >= 0.6 is 11.3 Å². The van der Waals surface area contributed by atoms with E-state index < -0.39 is 0 Å². The molecular formula is C16H31N3S. The van der Waals surface area contributed by atoms with Gasteiger partial charge in [-0.05, 0) is 40.0 Å². The lowest BCUT2D eigenvalue weighted by molar-refractivity contribution is 0.425. The summed E-state index contributed by atoms with van der Waals surface area (Å²) < 4.78 is 0. The van der Waals surface area contributed by atoms with Crippen molar-refractivity contribution < 1.29 is 0 Å². The van der Waals surface area contributed by atoms with E-state index in [1.165, 1.54) is 10.6 Å². The predicted octanol–water partition coefficient (Wildman–Crippen LogP) is 4.07. The number of hydrogen-bond donors (Lipinski definition) is 1. The van der Waals surface area contributed by atoms with Gasteiger partial charge < -0.3 is 10.2 Å². The monoisotopic (exact) mass is 297 g/mol. The summed E-state index contributed by atoms with van der Waals surface area (Å²) in [5, 5.41) is 4.72. The molecule has 4 heteroatoms. The van der Waals surface area contributed by atoms with E-state index in [9.17, 15) is 0 Å². The van der Waals surface area contributed by atoms with Crippen molar-refractivity contribution in [2.45, 2.75) is 73.0 Å². The minimum atomic E-state index is 0.145. The first-order valence-corrected chi connectivity index (χ1v) is 8.43. The molecule has 1 rings (SSSR count). The molecule has 0 aromatic carbocycles. The maximum Gasteiger partial charge on any atom is 0.185 e. The summed E-state index contributed by atoms with van der Waals surface area (Å²) in [6.07, 6.45) is 1.00. The topological polar surface area (TPSA) is 28.2 Å². The Labute approximate surface area is 128 Å².